The summed E-state index contributed by atoms with van der Waals surface area (Å²) >= 11 is 0. The van der Waals surface area contributed by atoms with Gasteiger partial charge in [-0.05, 0) is 44.1 Å². The van der Waals surface area contributed by atoms with E-state index in [4.69, 9.17) is 9.90 Å². The second-order valence-electron chi connectivity index (χ2n) is 9.36. The van der Waals surface area contributed by atoms with E-state index in [0.29, 0.717) is 21.9 Å². The van der Waals surface area contributed by atoms with Gasteiger partial charge < -0.3 is 4.42 Å². The zero-order chi connectivity index (χ0) is 27.8. The maximum atomic E-state index is 8.67. The Balaban J connectivity index is 1.54. The molecule has 1 heteroatoms. The van der Waals surface area contributed by atoms with Crippen molar-refractivity contribution < 1.29 is 9.90 Å². The molecule has 172 valence electrons. The number of para-hydroxylation sites is 1. The van der Waals surface area contributed by atoms with Gasteiger partial charge in [-0.1, -0.05) is 127 Å². The van der Waals surface area contributed by atoms with Crippen molar-refractivity contribution in [1.29, 1.82) is 0 Å². The first-order valence-electron chi connectivity index (χ1n) is 14.4. The summed E-state index contributed by atoms with van der Waals surface area (Å²) in [5.74, 6) is 0. The van der Waals surface area contributed by atoms with Crippen molar-refractivity contribution in [1.82, 2.24) is 0 Å². The van der Waals surface area contributed by atoms with Crippen LogP contribution in [-0.4, -0.2) is 0 Å². The third kappa shape index (κ3) is 2.92. The Bertz CT molecular complexity index is 2300. The maximum absolute atomic E-state index is 8.67. The molecule has 8 rings (SSSR count). The van der Waals surface area contributed by atoms with E-state index >= 15 is 0 Å². The highest BCUT2D eigenvalue weighted by Gasteiger charge is 2.20. The first-order valence-corrected chi connectivity index (χ1v) is 12.4. The molecule has 0 saturated heterocycles. The Hall–Kier alpha value is -4.88. The van der Waals surface area contributed by atoms with Crippen LogP contribution in [0.1, 0.15) is 5.48 Å². The van der Waals surface area contributed by atoms with Gasteiger partial charge in [0.1, 0.15) is 11.2 Å². The second kappa shape index (κ2) is 7.81. The molecule has 0 amide bonds. The van der Waals surface area contributed by atoms with E-state index in [-0.39, 0.29) is 24.2 Å². The third-order valence-corrected chi connectivity index (χ3v) is 7.38. The van der Waals surface area contributed by atoms with Crippen LogP contribution in [0.15, 0.2) is 138 Å². The Morgan fingerprint density at radius 2 is 1.03 bits per heavy atom. The lowest BCUT2D eigenvalue weighted by atomic mass is 9.85. The highest BCUT2D eigenvalue weighted by molar-refractivity contribution is 6.25. The quantitative estimate of drug-likeness (QED) is 0.227. The second-order valence-corrected chi connectivity index (χ2v) is 9.36. The van der Waals surface area contributed by atoms with Crippen molar-refractivity contribution in [2.24, 2.45) is 0 Å². The predicted molar refractivity (Wildman–Crippen MR) is 157 cm³/mol. The van der Waals surface area contributed by atoms with Crippen molar-refractivity contribution in [2.75, 3.05) is 0 Å². The average molecular weight is 475 g/mol. The highest BCUT2D eigenvalue weighted by Crippen LogP contribution is 2.46. The largest absolute Gasteiger partial charge is 0.455 e. The molecule has 0 atom stereocenters. The topological polar surface area (TPSA) is 13.1 Å². The van der Waals surface area contributed by atoms with Crippen LogP contribution < -0.4 is 0 Å². The summed E-state index contributed by atoms with van der Waals surface area (Å²) in [5.41, 5.74) is 5.55. The van der Waals surface area contributed by atoms with E-state index in [9.17, 15) is 0 Å². The van der Waals surface area contributed by atoms with Crippen LogP contribution in [0.2, 0.25) is 0 Å². The Kier molecular flexibility index (Phi) is 3.53. The molecule has 0 spiro atoms. The maximum Gasteiger partial charge on any atom is 0.143 e. The van der Waals surface area contributed by atoms with E-state index < -0.39 is 0 Å². The van der Waals surface area contributed by atoms with E-state index in [1.165, 1.54) is 5.56 Å². The van der Waals surface area contributed by atoms with E-state index in [2.05, 4.69) is 78.9 Å². The number of hydrogen-bond donors (Lipinski definition) is 0. The molecular weight excluding hydrogens is 448 g/mol. The van der Waals surface area contributed by atoms with Gasteiger partial charge in [0.15, 0.2) is 0 Å². The van der Waals surface area contributed by atoms with Crippen molar-refractivity contribution >= 4 is 54.3 Å². The zero-order valence-corrected chi connectivity index (χ0v) is 19.8. The van der Waals surface area contributed by atoms with Gasteiger partial charge in [-0.15, -0.1) is 0 Å². The minimum Gasteiger partial charge on any atom is -0.455 e. The summed E-state index contributed by atoms with van der Waals surface area (Å²) in [4.78, 5) is 0. The van der Waals surface area contributed by atoms with Gasteiger partial charge in [0.2, 0.25) is 0 Å². The first kappa shape index (κ1) is 16.7. The van der Waals surface area contributed by atoms with Crippen LogP contribution in [0, 0.1) is 0 Å². The van der Waals surface area contributed by atoms with Crippen LogP contribution in [0.5, 0.6) is 0 Å². The summed E-state index contributed by atoms with van der Waals surface area (Å²) in [6.07, 6.45) is 0. The monoisotopic (exact) mass is 474 g/mol. The lowest BCUT2D eigenvalue weighted by Gasteiger charge is -2.17. The van der Waals surface area contributed by atoms with E-state index in [1.807, 2.05) is 24.3 Å². The molecule has 0 unspecified atom stereocenters. The molecule has 0 aliphatic carbocycles. The predicted octanol–water partition coefficient (Wildman–Crippen LogP) is 10.4. The fraction of sp³-hybridized carbons (Fsp3) is 0. The van der Waals surface area contributed by atoms with Crippen molar-refractivity contribution in [3.63, 3.8) is 0 Å². The highest BCUT2D eigenvalue weighted by atomic mass is 16.3. The lowest BCUT2D eigenvalue weighted by Crippen LogP contribution is -1.90. The van der Waals surface area contributed by atoms with Crippen molar-refractivity contribution in [3.05, 3.63) is 133 Å². The van der Waals surface area contributed by atoms with Gasteiger partial charge in [0.05, 0.1) is 5.48 Å². The molecule has 1 heterocycles. The molecule has 0 aliphatic rings. The van der Waals surface area contributed by atoms with Gasteiger partial charge in [-0.25, -0.2) is 0 Å². The smallest absolute Gasteiger partial charge is 0.143 e. The summed E-state index contributed by atoms with van der Waals surface area (Å²) in [6, 6.07) is 36.6. The van der Waals surface area contributed by atoms with Crippen molar-refractivity contribution in [3.8, 4) is 22.3 Å². The molecule has 0 radical (unpaired) electrons. The summed E-state index contributed by atoms with van der Waals surface area (Å²) in [5, 5.41) is 7.13. The normalized spacial score (nSPS) is 13.3. The molecule has 8 aromatic rings. The zero-order valence-electron chi connectivity index (χ0n) is 23.8. The molecule has 0 N–H and O–H groups in total. The molecule has 7 aromatic carbocycles. The van der Waals surface area contributed by atoms with Crippen LogP contribution in [0.3, 0.4) is 0 Å². The van der Waals surface area contributed by atoms with Gasteiger partial charge in [-0.3, -0.25) is 0 Å². The molecular formula is C36H22O. The molecule has 1 nitrogen and oxygen atoms in total. The fourth-order valence-electron chi connectivity index (χ4n) is 5.81. The number of benzene rings is 7. The SMILES string of the molecule is [2H]c1c([2H])c([2H])c2c(ccc3c4cccc(-c5c6ccccc6c(-c6ccccc6)c6ccccc56)c4oc32)c1[2H]. The summed E-state index contributed by atoms with van der Waals surface area (Å²) in [6.45, 7) is 0. The van der Waals surface area contributed by atoms with Crippen LogP contribution >= 0.6 is 0 Å². The van der Waals surface area contributed by atoms with E-state index in [0.717, 1.165) is 49.0 Å². The fourth-order valence-corrected chi connectivity index (χ4v) is 5.81. The third-order valence-electron chi connectivity index (χ3n) is 7.38. The minimum atomic E-state index is -0.260. The van der Waals surface area contributed by atoms with Gasteiger partial charge >= 0.3 is 0 Å². The molecule has 1 aromatic heterocycles. The van der Waals surface area contributed by atoms with Crippen molar-refractivity contribution in [2.45, 2.75) is 0 Å². The minimum absolute atomic E-state index is 0.0583. The van der Waals surface area contributed by atoms with Crippen LogP contribution in [0.4, 0.5) is 0 Å². The van der Waals surface area contributed by atoms with Gasteiger partial charge in [-0.2, -0.15) is 0 Å². The standard InChI is InChI=1S/C36H22O/c1-2-12-24(13-3-1)33-26-15-6-8-17-28(26)34(29-18-9-7-16-27(29)33)32-20-10-19-30-31-22-21-23-11-4-5-14-25(23)35(31)37-36(30)32/h1-22H/i4D,5D,11D,14D. The van der Waals surface area contributed by atoms with Crippen LogP contribution in [-0.2, 0) is 0 Å². The Morgan fingerprint density at radius 1 is 0.432 bits per heavy atom. The summed E-state index contributed by atoms with van der Waals surface area (Å²) < 4.78 is 40.2. The Labute approximate surface area is 219 Å². The molecule has 0 bridgehead atoms. The van der Waals surface area contributed by atoms with Gasteiger partial charge in [0.25, 0.3) is 0 Å². The number of rotatable bonds is 2. The lowest BCUT2D eigenvalue weighted by molar-refractivity contribution is 0.674. The van der Waals surface area contributed by atoms with Crippen LogP contribution in [0.25, 0.3) is 76.5 Å². The molecule has 0 saturated carbocycles. The molecule has 0 aliphatic heterocycles. The number of furan rings is 1. The number of fused-ring (bicyclic) bond motifs is 7. The molecule has 0 fully saturated rings. The Morgan fingerprint density at radius 3 is 1.76 bits per heavy atom. The van der Waals surface area contributed by atoms with Gasteiger partial charge in [0, 0.05) is 27.3 Å². The number of hydrogen-bond acceptors (Lipinski definition) is 1. The molecule has 37 heavy (non-hydrogen) atoms. The average Bonchev–Trinajstić information content (AvgIpc) is 3.41. The first-order chi connectivity index (χ1) is 20.0. The van der Waals surface area contributed by atoms with E-state index in [1.54, 1.807) is 6.07 Å². The summed E-state index contributed by atoms with van der Waals surface area (Å²) in [7, 11) is 0.